The van der Waals surface area contributed by atoms with Gasteiger partial charge >= 0.3 is 0 Å². The predicted molar refractivity (Wildman–Crippen MR) is 85.4 cm³/mol. The van der Waals surface area contributed by atoms with Crippen LogP contribution in [0.15, 0.2) is 30.3 Å². The summed E-state index contributed by atoms with van der Waals surface area (Å²) in [5.74, 6) is 0.705. The molecule has 1 rings (SSSR count). The number of nitrogens with one attached hydrogen (secondary N) is 1. The van der Waals surface area contributed by atoms with E-state index in [4.69, 9.17) is 9.47 Å². The second kappa shape index (κ2) is 10.9. The average molecular weight is 291 g/mol. The molecule has 0 heterocycles. The molecule has 0 saturated heterocycles. The molecule has 0 fully saturated rings. The molecule has 0 spiro atoms. The number of ether oxygens (including phenoxy) is 2. The van der Waals surface area contributed by atoms with E-state index in [1.54, 1.807) is 6.08 Å². The molecule has 1 aromatic rings. The topological polar surface area (TPSA) is 47.6 Å². The Balaban J connectivity index is 2.42. The fourth-order valence-electron chi connectivity index (χ4n) is 1.72. The summed E-state index contributed by atoms with van der Waals surface area (Å²) in [5, 5.41) is 2.83. The number of benzene rings is 1. The first kappa shape index (κ1) is 17.2. The summed E-state index contributed by atoms with van der Waals surface area (Å²) < 4.78 is 10.9. The Morgan fingerprint density at radius 2 is 2.05 bits per heavy atom. The lowest BCUT2D eigenvalue weighted by atomic mass is 10.2. The van der Waals surface area contributed by atoms with Gasteiger partial charge in [0.1, 0.15) is 5.75 Å². The maximum absolute atomic E-state index is 11.7. The molecule has 0 aliphatic carbocycles. The molecule has 21 heavy (non-hydrogen) atoms. The molecular formula is C17H25NO3. The van der Waals surface area contributed by atoms with Crippen molar-refractivity contribution >= 4 is 12.0 Å². The monoisotopic (exact) mass is 291 g/mol. The molecule has 4 heteroatoms. The third-order valence-electron chi connectivity index (χ3n) is 2.76. The fraction of sp³-hybridized carbons (Fsp3) is 0.471. The summed E-state index contributed by atoms with van der Waals surface area (Å²) in [5.41, 5.74) is 0.912. The van der Waals surface area contributed by atoms with E-state index < -0.39 is 0 Å². The van der Waals surface area contributed by atoms with E-state index in [1.165, 1.54) is 6.08 Å². The normalized spacial score (nSPS) is 10.8. The van der Waals surface area contributed by atoms with Gasteiger partial charge in [0.2, 0.25) is 5.91 Å². The van der Waals surface area contributed by atoms with Crippen molar-refractivity contribution in [2.45, 2.75) is 26.7 Å². The third-order valence-corrected chi connectivity index (χ3v) is 2.76. The fourth-order valence-corrected chi connectivity index (χ4v) is 1.72. The quantitative estimate of drug-likeness (QED) is 0.532. The molecule has 1 amide bonds. The van der Waals surface area contributed by atoms with Crippen LogP contribution in [0.3, 0.4) is 0 Å². The summed E-state index contributed by atoms with van der Waals surface area (Å²) in [6.45, 7) is 6.70. The molecule has 0 atom stereocenters. The van der Waals surface area contributed by atoms with Crippen molar-refractivity contribution in [1.29, 1.82) is 0 Å². The van der Waals surface area contributed by atoms with Crippen molar-refractivity contribution in [3.8, 4) is 5.75 Å². The highest BCUT2D eigenvalue weighted by Gasteiger charge is 2.00. The minimum Gasteiger partial charge on any atom is -0.493 e. The predicted octanol–water partition coefficient (Wildman–Crippen LogP) is 3.03. The third kappa shape index (κ3) is 7.51. The van der Waals surface area contributed by atoms with E-state index in [-0.39, 0.29) is 5.91 Å². The first-order valence-corrected chi connectivity index (χ1v) is 7.53. The average Bonchev–Trinajstić information content (AvgIpc) is 2.51. The number of para-hydroxylation sites is 1. The standard InChI is InChI=1S/C17H25NO3/c1-3-13-21-16-9-6-5-8-15(16)10-11-17(19)18-12-7-14-20-4-2/h5-6,8-11H,3-4,7,12-14H2,1-2H3,(H,18,19)/b11-10+. The Morgan fingerprint density at radius 3 is 2.81 bits per heavy atom. The zero-order valence-corrected chi connectivity index (χ0v) is 12.9. The Labute approximate surface area is 127 Å². The molecule has 0 aliphatic heterocycles. The highest BCUT2D eigenvalue weighted by molar-refractivity contribution is 5.92. The van der Waals surface area contributed by atoms with E-state index in [0.717, 1.165) is 24.2 Å². The zero-order chi connectivity index (χ0) is 15.3. The van der Waals surface area contributed by atoms with Crippen molar-refractivity contribution in [3.63, 3.8) is 0 Å². The van der Waals surface area contributed by atoms with Crippen molar-refractivity contribution in [2.75, 3.05) is 26.4 Å². The molecule has 0 aromatic heterocycles. The minimum absolute atomic E-state index is 0.100. The molecule has 0 aliphatic rings. The molecule has 1 N–H and O–H groups in total. The largest absolute Gasteiger partial charge is 0.493 e. The van der Waals surface area contributed by atoms with Crippen molar-refractivity contribution < 1.29 is 14.3 Å². The summed E-state index contributed by atoms with van der Waals surface area (Å²) >= 11 is 0. The maximum atomic E-state index is 11.7. The van der Waals surface area contributed by atoms with Crippen LogP contribution in [0.2, 0.25) is 0 Å². The van der Waals surface area contributed by atoms with E-state index >= 15 is 0 Å². The number of carbonyl (C=O) groups is 1. The van der Waals surface area contributed by atoms with Crippen LogP contribution in [-0.4, -0.2) is 32.3 Å². The Bertz CT molecular complexity index is 443. The highest BCUT2D eigenvalue weighted by atomic mass is 16.5. The molecule has 116 valence electrons. The SMILES string of the molecule is CCCOc1ccccc1/C=C/C(=O)NCCCOCC. The van der Waals surface area contributed by atoms with Gasteiger partial charge < -0.3 is 14.8 Å². The van der Waals surface area contributed by atoms with Gasteiger partial charge in [0.25, 0.3) is 0 Å². The van der Waals surface area contributed by atoms with Crippen LogP contribution in [0, 0.1) is 0 Å². The smallest absolute Gasteiger partial charge is 0.244 e. The van der Waals surface area contributed by atoms with Crippen LogP contribution < -0.4 is 10.1 Å². The maximum Gasteiger partial charge on any atom is 0.244 e. The number of carbonyl (C=O) groups excluding carboxylic acids is 1. The van der Waals surface area contributed by atoms with Gasteiger partial charge in [-0.1, -0.05) is 25.1 Å². The van der Waals surface area contributed by atoms with Crippen molar-refractivity contribution in [1.82, 2.24) is 5.32 Å². The van der Waals surface area contributed by atoms with Crippen LogP contribution >= 0.6 is 0 Å². The lowest BCUT2D eigenvalue weighted by molar-refractivity contribution is -0.116. The van der Waals surface area contributed by atoms with Gasteiger partial charge in [0.05, 0.1) is 6.61 Å². The van der Waals surface area contributed by atoms with Crippen LogP contribution in [0.25, 0.3) is 6.08 Å². The molecule has 1 aromatic carbocycles. The van der Waals surface area contributed by atoms with Crippen LogP contribution in [-0.2, 0) is 9.53 Å². The minimum atomic E-state index is -0.100. The summed E-state index contributed by atoms with van der Waals surface area (Å²) in [4.78, 5) is 11.7. The first-order chi connectivity index (χ1) is 10.3. The van der Waals surface area contributed by atoms with E-state index in [2.05, 4.69) is 12.2 Å². The summed E-state index contributed by atoms with van der Waals surface area (Å²) in [6.07, 6.45) is 5.10. The van der Waals surface area contributed by atoms with Gasteiger partial charge in [-0.15, -0.1) is 0 Å². The summed E-state index contributed by atoms with van der Waals surface area (Å²) in [6, 6.07) is 7.70. The number of hydrogen-bond donors (Lipinski definition) is 1. The Kier molecular flexibility index (Phi) is 8.96. The molecule has 4 nitrogen and oxygen atoms in total. The van der Waals surface area contributed by atoms with Gasteiger partial charge in [-0.05, 0) is 31.9 Å². The molecule has 0 bridgehead atoms. The van der Waals surface area contributed by atoms with E-state index in [0.29, 0.717) is 26.4 Å². The molecule has 0 unspecified atom stereocenters. The zero-order valence-electron chi connectivity index (χ0n) is 12.9. The van der Waals surface area contributed by atoms with Gasteiger partial charge in [-0.3, -0.25) is 4.79 Å². The van der Waals surface area contributed by atoms with Crippen LogP contribution in [0.4, 0.5) is 0 Å². The van der Waals surface area contributed by atoms with Crippen molar-refractivity contribution in [2.24, 2.45) is 0 Å². The second-order valence-electron chi connectivity index (χ2n) is 4.56. The number of rotatable bonds is 10. The number of amides is 1. The Morgan fingerprint density at radius 1 is 1.24 bits per heavy atom. The summed E-state index contributed by atoms with van der Waals surface area (Å²) in [7, 11) is 0. The van der Waals surface area contributed by atoms with Crippen LogP contribution in [0.5, 0.6) is 5.75 Å². The lowest BCUT2D eigenvalue weighted by Crippen LogP contribution is -2.23. The van der Waals surface area contributed by atoms with Gasteiger partial charge in [0, 0.05) is 31.4 Å². The lowest BCUT2D eigenvalue weighted by Gasteiger charge is -2.07. The molecular weight excluding hydrogens is 266 g/mol. The van der Waals surface area contributed by atoms with E-state index in [9.17, 15) is 4.79 Å². The van der Waals surface area contributed by atoms with Gasteiger partial charge in [-0.25, -0.2) is 0 Å². The second-order valence-corrected chi connectivity index (χ2v) is 4.56. The van der Waals surface area contributed by atoms with E-state index in [1.807, 2.05) is 31.2 Å². The highest BCUT2D eigenvalue weighted by Crippen LogP contribution is 2.19. The van der Waals surface area contributed by atoms with Gasteiger partial charge in [0.15, 0.2) is 0 Å². The Hall–Kier alpha value is -1.81. The van der Waals surface area contributed by atoms with Crippen molar-refractivity contribution in [3.05, 3.63) is 35.9 Å². The number of hydrogen-bond acceptors (Lipinski definition) is 3. The van der Waals surface area contributed by atoms with Crippen LogP contribution in [0.1, 0.15) is 32.3 Å². The van der Waals surface area contributed by atoms with Gasteiger partial charge in [-0.2, -0.15) is 0 Å². The molecule has 0 radical (unpaired) electrons. The first-order valence-electron chi connectivity index (χ1n) is 7.53. The molecule has 0 saturated carbocycles.